The van der Waals surface area contributed by atoms with E-state index in [0.29, 0.717) is 22.6 Å². The quantitative estimate of drug-likeness (QED) is 0.441. The molecule has 0 atom stereocenters. The van der Waals surface area contributed by atoms with E-state index >= 15 is 0 Å². The summed E-state index contributed by atoms with van der Waals surface area (Å²) in [7, 11) is 0. The van der Waals surface area contributed by atoms with Gasteiger partial charge in [-0.2, -0.15) is 0 Å². The molecule has 0 fully saturated rings. The molecule has 0 bridgehead atoms. The van der Waals surface area contributed by atoms with E-state index in [-0.39, 0.29) is 11.7 Å². The summed E-state index contributed by atoms with van der Waals surface area (Å²) in [5, 5.41) is 15.4. The van der Waals surface area contributed by atoms with Gasteiger partial charge in [0.1, 0.15) is 5.84 Å². The van der Waals surface area contributed by atoms with E-state index in [1.165, 1.54) is 6.92 Å². The van der Waals surface area contributed by atoms with Crippen molar-refractivity contribution in [3.8, 4) is 0 Å². The summed E-state index contributed by atoms with van der Waals surface area (Å²) in [4.78, 5) is 23.0. The minimum Gasteiger partial charge on any atom is -0.384 e. The molecule has 0 spiro atoms. The number of carbonyl (C=O) groups excluding carboxylic acids is 2. The molecule has 2 aromatic rings. The van der Waals surface area contributed by atoms with Crippen LogP contribution in [0.4, 0.5) is 21.9 Å². The van der Waals surface area contributed by atoms with Crippen LogP contribution in [0.2, 0.25) is 0 Å². The molecule has 23 heavy (non-hydrogen) atoms. The third kappa shape index (κ3) is 4.85. The first kappa shape index (κ1) is 16.0. The van der Waals surface area contributed by atoms with E-state index < -0.39 is 6.03 Å². The lowest BCUT2D eigenvalue weighted by Gasteiger charge is -2.10. The van der Waals surface area contributed by atoms with Crippen molar-refractivity contribution >= 4 is 34.8 Å². The van der Waals surface area contributed by atoms with Crippen molar-refractivity contribution in [2.75, 3.05) is 16.0 Å². The number of benzene rings is 2. The van der Waals surface area contributed by atoms with Crippen LogP contribution < -0.4 is 21.7 Å². The Bertz CT molecular complexity index is 758. The summed E-state index contributed by atoms with van der Waals surface area (Å²) >= 11 is 0. The normalized spacial score (nSPS) is 9.78. The molecule has 2 rings (SSSR count). The molecular weight excluding hydrogens is 294 g/mol. The van der Waals surface area contributed by atoms with Crippen LogP contribution in [0.15, 0.2) is 48.5 Å². The maximum absolute atomic E-state index is 12.0. The molecule has 0 aliphatic heterocycles. The molecule has 7 nitrogen and oxygen atoms in total. The highest BCUT2D eigenvalue weighted by Gasteiger charge is 2.05. The van der Waals surface area contributed by atoms with Crippen LogP contribution in [0.1, 0.15) is 12.5 Å². The van der Waals surface area contributed by atoms with Crippen molar-refractivity contribution in [3.63, 3.8) is 0 Å². The minimum absolute atomic E-state index is 0.0722. The van der Waals surface area contributed by atoms with Gasteiger partial charge in [-0.05, 0) is 30.3 Å². The Morgan fingerprint density at radius 2 is 1.43 bits per heavy atom. The molecule has 0 saturated carbocycles. The average molecular weight is 311 g/mol. The Balaban J connectivity index is 2.03. The smallest absolute Gasteiger partial charge is 0.323 e. The molecule has 0 aliphatic carbocycles. The number of amidine groups is 1. The number of anilines is 3. The molecule has 0 saturated heterocycles. The number of nitrogen functional groups attached to an aromatic ring is 1. The van der Waals surface area contributed by atoms with Crippen LogP contribution in [-0.4, -0.2) is 17.8 Å². The van der Waals surface area contributed by atoms with Gasteiger partial charge >= 0.3 is 6.03 Å². The van der Waals surface area contributed by atoms with Gasteiger partial charge in [0.2, 0.25) is 5.91 Å². The second-order valence-electron chi connectivity index (χ2n) is 4.84. The van der Waals surface area contributed by atoms with Crippen molar-refractivity contribution in [2.45, 2.75) is 6.92 Å². The second-order valence-corrected chi connectivity index (χ2v) is 4.84. The van der Waals surface area contributed by atoms with Crippen molar-refractivity contribution in [1.29, 1.82) is 5.41 Å². The van der Waals surface area contributed by atoms with Gasteiger partial charge in [0.25, 0.3) is 0 Å². The fourth-order valence-corrected chi connectivity index (χ4v) is 1.94. The number of carbonyl (C=O) groups is 2. The maximum atomic E-state index is 12.0. The molecular formula is C16H17N5O2. The molecule has 118 valence electrons. The summed E-state index contributed by atoms with van der Waals surface area (Å²) < 4.78 is 0. The summed E-state index contributed by atoms with van der Waals surface area (Å²) in [5.41, 5.74) is 7.59. The molecule has 0 radical (unpaired) electrons. The van der Waals surface area contributed by atoms with Crippen molar-refractivity contribution < 1.29 is 9.59 Å². The van der Waals surface area contributed by atoms with E-state index in [9.17, 15) is 9.59 Å². The zero-order valence-electron chi connectivity index (χ0n) is 12.5. The van der Waals surface area contributed by atoms with Crippen LogP contribution >= 0.6 is 0 Å². The zero-order valence-corrected chi connectivity index (χ0v) is 12.5. The van der Waals surface area contributed by atoms with Gasteiger partial charge in [0.05, 0.1) is 0 Å². The number of hydrogen-bond acceptors (Lipinski definition) is 3. The Hall–Kier alpha value is -3.35. The average Bonchev–Trinajstić information content (AvgIpc) is 2.47. The van der Waals surface area contributed by atoms with E-state index in [0.717, 1.165) is 0 Å². The Kier molecular flexibility index (Phi) is 4.93. The molecule has 0 aromatic heterocycles. The molecule has 2 aromatic carbocycles. The van der Waals surface area contributed by atoms with Crippen LogP contribution in [0.3, 0.4) is 0 Å². The molecule has 0 heterocycles. The van der Waals surface area contributed by atoms with E-state index in [1.807, 2.05) is 0 Å². The number of nitrogens with one attached hydrogen (secondary N) is 4. The van der Waals surface area contributed by atoms with Gasteiger partial charge in [-0.15, -0.1) is 0 Å². The van der Waals surface area contributed by atoms with E-state index in [2.05, 4.69) is 16.0 Å². The molecule has 0 unspecified atom stereocenters. The van der Waals surface area contributed by atoms with E-state index in [4.69, 9.17) is 11.1 Å². The zero-order chi connectivity index (χ0) is 16.8. The van der Waals surface area contributed by atoms with Crippen molar-refractivity contribution in [1.82, 2.24) is 0 Å². The molecule has 6 N–H and O–H groups in total. The number of amides is 3. The third-order valence-electron chi connectivity index (χ3n) is 2.87. The van der Waals surface area contributed by atoms with Gasteiger partial charge in [0.15, 0.2) is 0 Å². The first-order valence-corrected chi connectivity index (χ1v) is 6.84. The summed E-state index contributed by atoms with van der Waals surface area (Å²) in [6, 6.07) is 13.0. The van der Waals surface area contributed by atoms with Gasteiger partial charge in [-0.1, -0.05) is 18.2 Å². The first-order chi connectivity index (χ1) is 10.9. The van der Waals surface area contributed by atoms with Gasteiger partial charge in [-0.25, -0.2) is 4.79 Å². The van der Waals surface area contributed by atoms with Crippen LogP contribution in [0, 0.1) is 5.41 Å². The number of rotatable bonds is 4. The highest BCUT2D eigenvalue weighted by atomic mass is 16.2. The monoisotopic (exact) mass is 311 g/mol. The third-order valence-corrected chi connectivity index (χ3v) is 2.87. The second kappa shape index (κ2) is 7.08. The van der Waals surface area contributed by atoms with Gasteiger partial charge in [0, 0.05) is 29.5 Å². The van der Waals surface area contributed by atoms with Crippen molar-refractivity contribution in [2.24, 2.45) is 5.73 Å². The van der Waals surface area contributed by atoms with E-state index in [1.54, 1.807) is 48.5 Å². The number of urea groups is 1. The number of nitrogens with two attached hydrogens (primary N) is 1. The van der Waals surface area contributed by atoms with Crippen LogP contribution in [0.5, 0.6) is 0 Å². The standard InChI is InChI=1S/C16H17N5O2/c1-10(22)19-13-6-3-7-14(9-13)21-16(23)20-12-5-2-4-11(8-12)15(17)18/h2-9H,1H3,(H3,17,18)(H,19,22)(H2,20,21,23). The predicted octanol–water partition coefficient (Wildman–Crippen LogP) is 2.57. The molecule has 0 aliphatic rings. The van der Waals surface area contributed by atoms with Gasteiger partial charge in [-0.3, -0.25) is 10.2 Å². The Labute approximate surface area is 133 Å². The predicted molar refractivity (Wildman–Crippen MR) is 90.8 cm³/mol. The largest absolute Gasteiger partial charge is 0.384 e. The highest BCUT2D eigenvalue weighted by molar-refractivity contribution is 6.02. The van der Waals surface area contributed by atoms with Crippen LogP contribution in [-0.2, 0) is 4.79 Å². The van der Waals surface area contributed by atoms with Gasteiger partial charge < -0.3 is 21.7 Å². The Morgan fingerprint density at radius 3 is 2.00 bits per heavy atom. The lowest BCUT2D eigenvalue weighted by atomic mass is 10.2. The summed E-state index contributed by atoms with van der Waals surface area (Å²) in [6.45, 7) is 1.41. The minimum atomic E-state index is -0.439. The topological polar surface area (TPSA) is 120 Å². The van der Waals surface area contributed by atoms with Crippen LogP contribution in [0.25, 0.3) is 0 Å². The first-order valence-electron chi connectivity index (χ1n) is 6.84. The molecule has 7 heteroatoms. The van der Waals surface area contributed by atoms with Crippen molar-refractivity contribution in [3.05, 3.63) is 54.1 Å². The number of hydrogen-bond donors (Lipinski definition) is 5. The highest BCUT2D eigenvalue weighted by Crippen LogP contribution is 2.16. The fraction of sp³-hybridized carbons (Fsp3) is 0.0625. The summed E-state index contributed by atoms with van der Waals surface area (Å²) in [6.07, 6.45) is 0. The molecule has 3 amide bonds. The summed E-state index contributed by atoms with van der Waals surface area (Å²) in [5.74, 6) is -0.260. The maximum Gasteiger partial charge on any atom is 0.323 e. The lowest BCUT2D eigenvalue weighted by molar-refractivity contribution is -0.114. The lowest BCUT2D eigenvalue weighted by Crippen LogP contribution is -2.20. The SMILES string of the molecule is CC(=O)Nc1cccc(NC(=O)Nc2cccc(C(=N)N)c2)c1. The fourth-order valence-electron chi connectivity index (χ4n) is 1.94. The Morgan fingerprint density at radius 1 is 0.913 bits per heavy atom.